The molecule has 1 aromatic heterocycles. The summed E-state index contributed by atoms with van der Waals surface area (Å²) in [6.07, 6.45) is 12.8. The number of benzene rings is 1. The van der Waals surface area contributed by atoms with Crippen molar-refractivity contribution in [3.63, 3.8) is 0 Å². The average Bonchev–Trinajstić information content (AvgIpc) is 3.14. The number of hydrogen-bond donors (Lipinski definition) is 1. The van der Waals surface area contributed by atoms with Crippen molar-refractivity contribution in [3.8, 4) is 0 Å². The molecule has 158 valence electrons. The van der Waals surface area contributed by atoms with Crippen LogP contribution in [0.1, 0.15) is 32.2 Å². The first-order valence-corrected chi connectivity index (χ1v) is 10.7. The Morgan fingerprint density at radius 2 is 2.03 bits per heavy atom. The van der Waals surface area contributed by atoms with Gasteiger partial charge in [-0.2, -0.15) is 4.68 Å². The molecule has 2 aromatic rings. The zero-order chi connectivity index (χ0) is 21.2. The minimum atomic E-state index is 0.259. The second-order valence-electron chi connectivity index (χ2n) is 7.49. The van der Waals surface area contributed by atoms with Crippen molar-refractivity contribution in [2.45, 2.75) is 27.3 Å². The summed E-state index contributed by atoms with van der Waals surface area (Å²) in [5.41, 5.74) is 3.55. The average molecular weight is 405 g/mol. The van der Waals surface area contributed by atoms with Crippen LogP contribution in [0.25, 0.3) is 11.8 Å². The standard InChI is InChI=1S/C24H32N6/c1-4-29(17-10-15-22-13-6-5-7-14-22)18-16-25-19-23-26-27-28-30(23)24-20(2)11-8-9-12-21(24)3/h5-15,20,25H,4,16-19H2,1-3H3/b15-10+. The lowest BCUT2D eigenvalue weighted by Crippen LogP contribution is -2.32. The van der Waals surface area contributed by atoms with Gasteiger partial charge in [0.05, 0.1) is 12.2 Å². The van der Waals surface area contributed by atoms with Gasteiger partial charge in [0.25, 0.3) is 0 Å². The van der Waals surface area contributed by atoms with Crippen LogP contribution in [-0.4, -0.2) is 51.3 Å². The lowest BCUT2D eigenvalue weighted by atomic mass is 10.0. The van der Waals surface area contributed by atoms with Crippen molar-refractivity contribution < 1.29 is 0 Å². The Morgan fingerprint density at radius 3 is 2.83 bits per heavy atom. The van der Waals surface area contributed by atoms with Gasteiger partial charge in [-0.05, 0) is 35.0 Å². The predicted octanol–water partition coefficient (Wildman–Crippen LogP) is 3.79. The van der Waals surface area contributed by atoms with Crippen molar-refractivity contribution in [2.24, 2.45) is 5.92 Å². The number of hydrogen-bond acceptors (Lipinski definition) is 5. The molecule has 0 spiro atoms. The maximum absolute atomic E-state index is 4.25. The van der Waals surface area contributed by atoms with Crippen LogP contribution < -0.4 is 5.32 Å². The van der Waals surface area contributed by atoms with Crippen molar-refractivity contribution in [1.82, 2.24) is 30.4 Å². The number of nitrogens with one attached hydrogen (secondary N) is 1. The molecule has 0 saturated carbocycles. The maximum atomic E-state index is 4.25. The molecule has 1 atom stereocenters. The van der Waals surface area contributed by atoms with Crippen LogP contribution in [-0.2, 0) is 6.54 Å². The molecule has 0 radical (unpaired) electrons. The van der Waals surface area contributed by atoms with E-state index in [9.17, 15) is 0 Å². The maximum Gasteiger partial charge on any atom is 0.170 e. The van der Waals surface area contributed by atoms with Gasteiger partial charge in [0.2, 0.25) is 0 Å². The number of allylic oxidation sites excluding steroid dienone is 6. The van der Waals surface area contributed by atoms with Gasteiger partial charge in [0.15, 0.2) is 5.82 Å². The second-order valence-corrected chi connectivity index (χ2v) is 7.49. The number of aromatic nitrogens is 4. The summed E-state index contributed by atoms with van der Waals surface area (Å²) in [5.74, 6) is 1.10. The molecule has 1 aliphatic carbocycles. The molecule has 1 unspecified atom stereocenters. The molecule has 6 heteroatoms. The molecule has 1 N–H and O–H groups in total. The fourth-order valence-electron chi connectivity index (χ4n) is 3.55. The first kappa shape index (κ1) is 21.9. The lowest BCUT2D eigenvalue weighted by Gasteiger charge is -2.19. The van der Waals surface area contributed by atoms with Gasteiger partial charge in [-0.3, -0.25) is 4.90 Å². The molecule has 0 bridgehead atoms. The predicted molar refractivity (Wildman–Crippen MR) is 123 cm³/mol. The molecule has 0 aliphatic heterocycles. The quantitative estimate of drug-likeness (QED) is 0.611. The largest absolute Gasteiger partial charge is 0.308 e. The Kier molecular flexibility index (Phi) is 8.30. The van der Waals surface area contributed by atoms with Crippen LogP contribution in [0.4, 0.5) is 0 Å². The Bertz CT molecular complexity index is 907. The van der Waals surface area contributed by atoms with E-state index in [1.54, 1.807) is 0 Å². The van der Waals surface area contributed by atoms with Gasteiger partial charge in [0.1, 0.15) is 0 Å². The SMILES string of the molecule is CCN(C/C=C/c1ccccc1)CCNCc1nnnn1C1=C(C)C=CC=CC1C. The van der Waals surface area contributed by atoms with Crippen LogP contribution in [0.2, 0.25) is 0 Å². The van der Waals surface area contributed by atoms with Crippen LogP contribution in [0.15, 0.2) is 66.3 Å². The van der Waals surface area contributed by atoms with Crippen molar-refractivity contribution >= 4 is 11.8 Å². The molecule has 6 nitrogen and oxygen atoms in total. The van der Waals surface area contributed by atoms with Gasteiger partial charge >= 0.3 is 0 Å². The van der Waals surface area contributed by atoms with E-state index in [1.807, 2.05) is 10.7 Å². The van der Waals surface area contributed by atoms with E-state index >= 15 is 0 Å². The number of likely N-dealkylation sites (N-methyl/N-ethyl adjacent to an activating group) is 1. The Hall–Kier alpha value is -2.83. The summed E-state index contributed by atoms with van der Waals surface area (Å²) in [4.78, 5) is 2.41. The van der Waals surface area contributed by atoms with E-state index in [-0.39, 0.29) is 5.92 Å². The van der Waals surface area contributed by atoms with E-state index in [0.29, 0.717) is 6.54 Å². The van der Waals surface area contributed by atoms with E-state index in [1.165, 1.54) is 11.1 Å². The molecule has 0 fully saturated rings. The topological polar surface area (TPSA) is 58.9 Å². The number of tetrazole rings is 1. The Balaban J connectivity index is 1.50. The summed E-state index contributed by atoms with van der Waals surface area (Å²) < 4.78 is 1.88. The summed E-state index contributed by atoms with van der Waals surface area (Å²) >= 11 is 0. The van der Waals surface area contributed by atoms with E-state index in [4.69, 9.17) is 0 Å². The number of rotatable bonds is 10. The third-order valence-electron chi connectivity index (χ3n) is 5.26. The Morgan fingerprint density at radius 1 is 1.20 bits per heavy atom. The van der Waals surface area contributed by atoms with Crippen molar-refractivity contribution in [1.29, 1.82) is 0 Å². The molecule has 0 amide bonds. The molecule has 3 rings (SSSR count). The zero-order valence-electron chi connectivity index (χ0n) is 18.2. The smallest absolute Gasteiger partial charge is 0.170 e. The normalized spacial score (nSPS) is 16.7. The highest BCUT2D eigenvalue weighted by Crippen LogP contribution is 2.25. The van der Waals surface area contributed by atoms with Crippen LogP contribution in [0.3, 0.4) is 0 Å². The molecule has 30 heavy (non-hydrogen) atoms. The molecular formula is C24H32N6. The van der Waals surface area contributed by atoms with Gasteiger partial charge < -0.3 is 5.32 Å². The third kappa shape index (κ3) is 6.08. The molecule has 1 aromatic carbocycles. The molecule has 1 heterocycles. The molecule has 0 saturated heterocycles. The van der Waals surface area contributed by atoms with Crippen molar-refractivity contribution in [3.05, 3.63) is 77.7 Å². The van der Waals surface area contributed by atoms with Gasteiger partial charge in [-0.1, -0.05) is 80.6 Å². The highest BCUT2D eigenvalue weighted by atomic mass is 15.5. The summed E-state index contributed by atoms with van der Waals surface area (Å²) in [6.45, 7) is 10.9. The minimum Gasteiger partial charge on any atom is -0.308 e. The third-order valence-corrected chi connectivity index (χ3v) is 5.26. The van der Waals surface area contributed by atoms with Crippen molar-refractivity contribution in [2.75, 3.05) is 26.2 Å². The minimum absolute atomic E-state index is 0.259. The fourth-order valence-corrected chi connectivity index (χ4v) is 3.55. The first-order chi connectivity index (χ1) is 14.7. The van der Waals surface area contributed by atoms with Gasteiger partial charge in [0, 0.05) is 25.6 Å². The Labute approximate surface area is 179 Å². The number of nitrogens with zero attached hydrogens (tertiary/aromatic N) is 5. The first-order valence-electron chi connectivity index (χ1n) is 10.7. The highest BCUT2D eigenvalue weighted by molar-refractivity contribution is 5.58. The monoisotopic (exact) mass is 404 g/mol. The van der Waals surface area contributed by atoms with Gasteiger partial charge in [-0.15, -0.1) is 5.10 Å². The highest BCUT2D eigenvalue weighted by Gasteiger charge is 2.17. The summed E-state index contributed by atoms with van der Waals surface area (Å²) in [5, 5.41) is 15.9. The van der Waals surface area contributed by atoms with E-state index in [0.717, 1.165) is 37.7 Å². The summed E-state index contributed by atoms with van der Waals surface area (Å²) in [6, 6.07) is 10.4. The second kappa shape index (κ2) is 11.4. The van der Waals surface area contributed by atoms with E-state index < -0.39 is 0 Å². The van der Waals surface area contributed by atoms with E-state index in [2.05, 4.69) is 107 Å². The van der Waals surface area contributed by atoms with Crippen LogP contribution >= 0.6 is 0 Å². The molecular weight excluding hydrogens is 372 g/mol. The van der Waals surface area contributed by atoms with Crippen LogP contribution in [0, 0.1) is 5.92 Å². The zero-order valence-corrected chi connectivity index (χ0v) is 18.2. The lowest BCUT2D eigenvalue weighted by molar-refractivity contribution is 0.316. The molecule has 1 aliphatic rings. The van der Waals surface area contributed by atoms with Crippen LogP contribution in [0.5, 0.6) is 0 Å². The fraction of sp³-hybridized carbons (Fsp3) is 0.375. The summed E-state index contributed by atoms with van der Waals surface area (Å²) in [7, 11) is 0. The van der Waals surface area contributed by atoms with Gasteiger partial charge in [-0.25, -0.2) is 0 Å².